The van der Waals surface area contributed by atoms with Gasteiger partial charge in [0.25, 0.3) is 0 Å². The SMILES string of the molecule is COC(=O)[C@H](C)NC(=O)[C@@H](NC(=O)[C@@H](N)Cc1ccccc1)C(C)C. The van der Waals surface area contributed by atoms with Crippen molar-refractivity contribution in [1.82, 2.24) is 10.6 Å². The van der Waals surface area contributed by atoms with Crippen LogP contribution in [-0.2, 0) is 25.5 Å². The zero-order valence-electron chi connectivity index (χ0n) is 15.1. The molecule has 0 aliphatic rings. The molecule has 3 atom stereocenters. The van der Waals surface area contributed by atoms with Crippen LogP contribution in [0.15, 0.2) is 30.3 Å². The van der Waals surface area contributed by atoms with E-state index in [-0.39, 0.29) is 5.92 Å². The molecular weight excluding hydrogens is 322 g/mol. The van der Waals surface area contributed by atoms with Gasteiger partial charge in [0.05, 0.1) is 13.2 Å². The van der Waals surface area contributed by atoms with Gasteiger partial charge in [0.15, 0.2) is 0 Å². The van der Waals surface area contributed by atoms with Gasteiger partial charge in [-0.25, -0.2) is 4.79 Å². The summed E-state index contributed by atoms with van der Waals surface area (Å²) in [5.41, 5.74) is 6.89. The number of hydrogen-bond acceptors (Lipinski definition) is 5. The Balaban J connectivity index is 2.68. The molecular formula is C18H27N3O4. The van der Waals surface area contributed by atoms with E-state index in [2.05, 4.69) is 15.4 Å². The maximum absolute atomic E-state index is 12.4. The molecule has 7 heteroatoms. The van der Waals surface area contributed by atoms with Crippen molar-refractivity contribution in [3.05, 3.63) is 35.9 Å². The van der Waals surface area contributed by atoms with Gasteiger partial charge in [-0.05, 0) is 24.8 Å². The summed E-state index contributed by atoms with van der Waals surface area (Å²) in [6.45, 7) is 5.12. The molecule has 25 heavy (non-hydrogen) atoms. The second kappa shape index (κ2) is 9.78. The van der Waals surface area contributed by atoms with Crippen molar-refractivity contribution in [2.45, 2.75) is 45.3 Å². The molecule has 0 heterocycles. The topological polar surface area (TPSA) is 111 Å². The zero-order valence-corrected chi connectivity index (χ0v) is 15.1. The molecule has 1 aromatic rings. The molecule has 0 aliphatic heterocycles. The van der Waals surface area contributed by atoms with Gasteiger partial charge < -0.3 is 21.1 Å². The third-order valence-electron chi connectivity index (χ3n) is 3.80. The lowest BCUT2D eigenvalue weighted by molar-refractivity contribution is -0.145. The number of carbonyl (C=O) groups excluding carboxylic acids is 3. The Hall–Kier alpha value is -2.41. The molecule has 1 rings (SSSR count). The van der Waals surface area contributed by atoms with Gasteiger partial charge in [0.1, 0.15) is 12.1 Å². The monoisotopic (exact) mass is 349 g/mol. The summed E-state index contributed by atoms with van der Waals surface area (Å²) in [4.78, 5) is 36.1. The first kappa shape index (κ1) is 20.6. The fourth-order valence-corrected chi connectivity index (χ4v) is 2.29. The van der Waals surface area contributed by atoms with Crippen molar-refractivity contribution >= 4 is 17.8 Å². The minimum atomic E-state index is -0.798. The molecule has 0 aliphatic carbocycles. The highest BCUT2D eigenvalue weighted by molar-refractivity contribution is 5.92. The van der Waals surface area contributed by atoms with E-state index in [1.807, 2.05) is 30.3 Å². The van der Waals surface area contributed by atoms with Gasteiger partial charge in [-0.15, -0.1) is 0 Å². The van der Waals surface area contributed by atoms with Crippen LogP contribution in [0.25, 0.3) is 0 Å². The largest absolute Gasteiger partial charge is 0.467 e. The molecule has 0 saturated carbocycles. The van der Waals surface area contributed by atoms with E-state index in [0.717, 1.165) is 5.56 Å². The molecule has 138 valence electrons. The van der Waals surface area contributed by atoms with E-state index in [4.69, 9.17) is 5.73 Å². The Kier molecular flexibility index (Phi) is 8.07. The van der Waals surface area contributed by atoms with Crippen molar-refractivity contribution in [3.63, 3.8) is 0 Å². The summed E-state index contributed by atoms with van der Waals surface area (Å²) >= 11 is 0. The van der Waals surface area contributed by atoms with E-state index in [0.29, 0.717) is 6.42 Å². The summed E-state index contributed by atoms with van der Waals surface area (Å²) in [5, 5.41) is 5.21. The first-order chi connectivity index (χ1) is 11.8. The van der Waals surface area contributed by atoms with Crippen molar-refractivity contribution in [2.75, 3.05) is 7.11 Å². The second-order valence-electron chi connectivity index (χ2n) is 6.28. The van der Waals surface area contributed by atoms with Crippen LogP contribution in [0, 0.1) is 5.92 Å². The number of benzene rings is 1. The molecule has 2 amide bonds. The summed E-state index contributed by atoms with van der Waals surface area (Å²) < 4.78 is 4.58. The second-order valence-corrected chi connectivity index (χ2v) is 6.28. The predicted molar refractivity (Wildman–Crippen MR) is 94.5 cm³/mol. The number of nitrogens with two attached hydrogens (primary N) is 1. The number of hydrogen-bond donors (Lipinski definition) is 3. The molecule has 0 bridgehead atoms. The van der Waals surface area contributed by atoms with Gasteiger partial charge in [-0.1, -0.05) is 44.2 Å². The zero-order chi connectivity index (χ0) is 19.0. The van der Waals surface area contributed by atoms with E-state index in [1.54, 1.807) is 13.8 Å². The molecule has 0 aromatic heterocycles. The van der Waals surface area contributed by atoms with Crippen LogP contribution in [-0.4, -0.2) is 43.0 Å². The number of ether oxygens (including phenoxy) is 1. The lowest BCUT2D eigenvalue weighted by Gasteiger charge is -2.24. The highest BCUT2D eigenvalue weighted by Crippen LogP contribution is 2.06. The van der Waals surface area contributed by atoms with Crippen molar-refractivity contribution < 1.29 is 19.1 Å². The van der Waals surface area contributed by atoms with Crippen LogP contribution in [0.1, 0.15) is 26.3 Å². The van der Waals surface area contributed by atoms with E-state index in [9.17, 15) is 14.4 Å². The van der Waals surface area contributed by atoms with Gasteiger partial charge in [0, 0.05) is 0 Å². The quantitative estimate of drug-likeness (QED) is 0.588. The molecule has 0 unspecified atom stereocenters. The minimum absolute atomic E-state index is 0.169. The summed E-state index contributed by atoms with van der Waals surface area (Å²) in [5.74, 6) is -1.59. The number of nitrogens with one attached hydrogen (secondary N) is 2. The normalized spacial score (nSPS) is 14.3. The van der Waals surface area contributed by atoms with Crippen LogP contribution >= 0.6 is 0 Å². The number of esters is 1. The fourth-order valence-electron chi connectivity index (χ4n) is 2.29. The highest BCUT2D eigenvalue weighted by atomic mass is 16.5. The molecule has 1 aromatic carbocycles. The van der Waals surface area contributed by atoms with E-state index < -0.39 is 35.9 Å². The Labute approximate surface area is 148 Å². The summed E-state index contributed by atoms with van der Waals surface area (Å²) in [6.07, 6.45) is 0.373. The minimum Gasteiger partial charge on any atom is -0.467 e. The van der Waals surface area contributed by atoms with Gasteiger partial charge in [0.2, 0.25) is 11.8 Å². The Morgan fingerprint density at radius 3 is 2.16 bits per heavy atom. The van der Waals surface area contributed by atoms with Crippen molar-refractivity contribution in [3.8, 4) is 0 Å². The first-order valence-electron chi connectivity index (χ1n) is 8.24. The van der Waals surface area contributed by atoms with Crippen LogP contribution in [0.2, 0.25) is 0 Å². The van der Waals surface area contributed by atoms with Crippen molar-refractivity contribution in [1.29, 1.82) is 0 Å². The molecule has 0 fully saturated rings. The maximum atomic E-state index is 12.4. The Morgan fingerprint density at radius 1 is 1.04 bits per heavy atom. The van der Waals surface area contributed by atoms with Crippen LogP contribution in [0.3, 0.4) is 0 Å². The maximum Gasteiger partial charge on any atom is 0.328 e. The average Bonchev–Trinajstić information content (AvgIpc) is 2.58. The molecule has 0 spiro atoms. The smallest absolute Gasteiger partial charge is 0.328 e. The summed E-state index contributed by atoms with van der Waals surface area (Å²) in [7, 11) is 1.25. The number of carbonyl (C=O) groups is 3. The third-order valence-corrected chi connectivity index (χ3v) is 3.80. The number of methoxy groups -OCH3 is 1. The highest BCUT2D eigenvalue weighted by Gasteiger charge is 2.28. The summed E-state index contributed by atoms with van der Waals surface area (Å²) in [6, 6.07) is 7.05. The van der Waals surface area contributed by atoms with Crippen molar-refractivity contribution in [2.24, 2.45) is 11.7 Å². The Morgan fingerprint density at radius 2 is 1.64 bits per heavy atom. The average molecular weight is 349 g/mol. The molecule has 0 saturated heterocycles. The third kappa shape index (κ3) is 6.54. The number of rotatable bonds is 8. The predicted octanol–water partition coefficient (Wildman–Crippen LogP) is 0.375. The standard InChI is InChI=1S/C18H27N3O4/c1-11(2)15(17(23)20-12(3)18(24)25-4)21-16(22)14(19)10-13-8-6-5-7-9-13/h5-9,11-12,14-15H,10,19H2,1-4H3,(H,20,23)(H,21,22)/t12-,14-,15-/m0/s1. The van der Waals surface area contributed by atoms with Crippen LogP contribution in [0.5, 0.6) is 0 Å². The van der Waals surface area contributed by atoms with Crippen LogP contribution < -0.4 is 16.4 Å². The Bertz CT molecular complexity index is 589. The molecule has 4 N–H and O–H groups in total. The lowest BCUT2D eigenvalue weighted by Crippen LogP contribution is -2.56. The van der Waals surface area contributed by atoms with Crippen LogP contribution in [0.4, 0.5) is 0 Å². The van der Waals surface area contributed by atoms with Gasteiger partial charge in [-0.3, -0.25) is 9.59 Å². The van der Waals surface area contributed by atoms with E-state index >= 15 is 0 Å². The lowest BCUT2D eigenvalue weighted by atomic mass is 10.0. The molecule has 0 radical (unpaired) electrons. The fraction of sp³-hybridized carbons (Fsp3) is 0.500. The number of amides is 2. The first-order valence-corrected chi connectivity index (χ1v) is 8.24. The van der Waals surface area contributed by atoms with Gasteiger partial charge in [-0.2, -0.15) is 0 Å². The van der Waals surface area contributed by atoms with Gasteiger partial charge >= 0.3 is 5.97 Å². The molecule has 7 nitrogen and oxygen atoms in total. The van der Waals surface area contributed by atoms with E-state index in [1.165, 1.54) is 14.0 Å².